The molecule has 1 unspecified atom stereocenters. The molecule has 0 aliphatic carbocycles. The summed E-state index contributed by atoms with van der Waals surface area (Å²) in [6.07, 6.45) is -0.394. The van der Waals surface area contributed by atoms with Crippen LogP contribution in [-0.2, 0) is 23.3 Å². The molecule has 0 fully saturated rings. The number of nitrogens with one attached hydrogen (secondary N) is 2. The van der Waals surface area contributed by atoms with Gasteiger partial charge in [-0.1, -0.05) is 0 Å². The van der Waals surface area contributed by atoms with Gasteiger partial charge in [0.2, 0.25) is 6.54 Å². The third kappa shape index (κ3) is 11.7. The molecule has 2 N–H and O–H groups in total. The Labute approximate surface area is 211 Å². The van der Waals surface area contributed by atoms with Crippen molar-refractivity contribution in [3.8, 4) is 0 Å². The second-order valence-corrected chi connectivity index (χ2v) is 9.47. The molecule has 0 saturated heterocycles. The van der Waals surface area contributed by atoms with Crippen LogP contribution in [0, 0.1) is 6.57 Å². The second-order valence-electron chi connectivity index (χ2n) is 8.02. The van der Waals surface area contributed by atoms with E-state index >= 15 is 0 Å². The van der Waals surface area contributed by atoms with E-state index in [2.05, 4.69) is 14.5 Å². The van der Waals surface area contributed by atoms with Gasteiger partial charge in [-0.2, -0.15) is 0 Å². The Morgan fingerprint density at radius 1 is 1.26 bits per heavy atom. The van der Waals surface area contributed by atoms with Crippen LogP contribution in [0.5, 0.6) is 0 Å². The fourth-order valence-corrected chi connectivity index (χ4v) is 4.75. The lowest BCUT2D eigenvalue weighted by Crippen LogP contribution is -2.40. The molecule has 0 spiro atoms. The Morgan fingerprint density at radius 2 is 2.00 bits per heavy atom. The first kappa shape index (κ1) is 27.9. The lowest BCUT2D eigenvalue weighted by molar-refractivity contribution is -0.110. The van der Waals surface area contributed by atoms with Crippen LogP contribution in [0.1, 0.15) is 35.3 Å². The predicted octanol–water partition coefficient (Wildman–Crippen LogP) is 1.60. The molecule has 35 heavy (non-hydrogen) atoms. The van der Waals surface area contributed by atoms with Crippen LogP contribution < -0.4 is 16.6 Å². The minimum atomic E-state index is -1.56. The van der Waals surface area contributed by atoms with E-state index in [-0.39, 0.29) is 58.6 Å². The lowest BCUT2D eigenvalue weighted by Gasteiger charge is -2.36. The summed E-state index contributed by atoms with van der Waals surface area (Å²) in [6.45, 7) is 16.1. The first-order valence-corrected chi connectivity index (χ1v) is 12.5. The van der Waals surface area contributed by atoms with Crippen LogP contribution in [-0.4, -0.2) is 92.7 Å². The summed E-state index contributed by atoms with van der Waals surface area (Å²) in [5, 5.41) is 0.997. The maximum atomic E-state index is 12.5. The number of methoxy groups -OCH3 is 1. The number of likely N-dealkylation sites (N-methyl/N-ethyl adjacent to an activating group) is 1. The second kappa shape index (κ2) is 17.7. The van der Waals surface area contributed by atoms with Crippen molar-refractivity contribution in [1.29, 1.82) is 0 Å². The Bertz CT molecular complexity index is 906. The van der Waals surface area contributed by atoms with Crippen molar-refractivity contribution in [1.82, 2.24) is 19.5 Å². The Kier molecular flexibility index (Phi) is 14.1. The zero-order valence-corrected chi connectivity index (χ0v) is 22.1. The summed E-state index contributed by atoms with van der Waals surface area (Å²) in [5.74, 6) is 0. The number of aromatic amines is 1. The van der Waals surface area contributed by atoms with Crippen molar-refractivity contribution in [2.75, 3.05) is 60.3 Å². The van der Waals surface area contributed by atoms with Crippen LogP contribution in [0.15, 0.2) is 21.9 Å². The lowest BCUT2D eigenvalue weighted by atomic mass is 10.3. The van der Waals surface area contributed by atoms with Crippen molar-refractivity contribution in [3.63, 3.8) is 0 Å². The van der Waals surface area contributed by atoms with Crippen molar-refractivity contribution in [2.24, 2.45) is 0 Å². The molecular formula is C22H40N5O7P. The first-order chi connectivity index (χ1) is 17.6. The third-order valence-electron chi connectivity index (χ3n) is 4.56. The summed E-state index contributed by atoms with van der Waals surface area (Å²) < 4.78 is 47.6. The van der Waals surface area contributed by atoms with Gasteiger partial charge in [-0.25, -0.2) is 16.0 Å². The maximum absolute atomic E-state index is 12.5. The monoisotopic (exact) mass is 520 g/mol. The van der Waals surface area contributed by atoms with Gasteiger partial charge in [-0.3, -0.25) is 14.3 Å². The third-order valence-corrected chi connectivity index (χ3v) is 6.63. The van der Waals surface area contributed by atoms with Crippen LogP contribution in [0.4, 0.5) is 0 Å². The van der Waals surface area contributed by atoms with Gasteiger partial charge in [-0.15, -0.1) is 0 Å². The highest BCUT2D eigenvalue weighted by atomic mass is 31.2. The van der Waals surface area contributed by atoms with Crippen molar-refractivity contribution in [2.45, 2.75) is 52.1 Å². The Morgan fingerprint density at radius 3 is 2.60 bits per heavy atom. The molecule has 12 nitrogen and oxygen atoms in total. The minimum Gasteiger partial charge on any atom is -0.382 e. The molecule has 0 aliphatic rings. The van der Waals surface area contributed by atoms with E-state index in [1.165, 1.54) is 23.9 Å². The number of ether oxygens (including phenoxy) is 3. The standard InChI is InChI=1S/C22H40N5O7P/c1-17(2)27(18(3)4)35(32-11-9-23-5)33-15-19(14-24-6)34-21(16-31-13-12-30-7)26-10-8-20(28)25-22(26)29/h8,10,17-19,21,24H,9,11-16H2,1-4,6-7H3,(H,25,28,29)/t19-,21-,35?/m1/s1/i6T/hD. The average Bonchev–Trinajstić information content (AvgIpc) is 2.83. The molecule has 0 bridgehead atoms. The molecule has 3 atom stereocenters. The summed E-state index contributed by atoms with van der Waals surface area (Å²) in [7, 11) is -0.322. The van der Waals surface area contributed by atoms with Gasteiger partial charge >= 0.3 is 5.69 Å². The molecule has 1 aromatic rings. The van der Waals surface area contributed by atoms with Crippen molar-refractivity contribution >= 4 is 8.53 Å². The topological polar surface area (TPSA) is 121 Å². The molecule has 0 aliphatic heterocycles. The molecule has 0 saturated carbocycles. The zero-order valence-electron chi connectivity index (χ0n) is 23.2. The number of hydrogen-bond donors (Lipinski definition) is 2. The van der Waals surface area contributed by atoms with Gasteiger partial charge in [0.1, 0.15) is 8.02 Å². The van der Waals surface area contributed by atoms with Gasteiger partial charge < -0.3 is 33.4 Å². The highest BCUT2D eigenvalue weighted by Crippen LogP contribution is 2.46. The van der Waals surface area contributed by atoms with E-state index in [1.54, 1.807) is 0 Å². The van der Waals surface area contributed by atoms with Crippen molar-refractivity contribution in [3.05, 3.63) is 44.5 Å². The van der Waals surface area contributed by atoms with Crippen LogP contribution in [0.2, 0.25) is 1.41 Å². The number of hydrogen-bond acceptors (Lipinski definition) is 9. The van der Waals surface area contributed by atoms with Gasteiger partial charge in [0.05, 0.1) is 32.5 Å². The SMILES string of the molecule is [2H]N(C[3H])C[C@H](COP(OCC[N+]#[C-])N(C(C)C)C(C)C)O[C@H](COCCOC)n1ccc(=O)[nH]c1=O. The molecule has 200 valence electrons. The largest absolute Gasteiger partial charge is 0.382 e. The molecule has 1 rings (SSSR count). The molecule has 1 heterocycles. The highest BCUT2D eigenvalue weighted by molar-refractivity contribution is 7.44. The maximum Gasteiger partial charge on any atom is 0.330 e. The first-order valence-electron chi connectivity index (χ1n) is 12.5. The Hall–Kier alpha value is -1.68. The number of rotatable bonds is 19. The van der Waals surface area contributed by atoms with E-state index in [1.807, 2.05) is 27.7 Å². The fraction of sp³-hybridized carbons (Fsp3) is 0.773. The van der Waals surface area contributed by atoms with Gasteiger partial charge in [0.25, 0.3) is 14.1 Å². The normalized spacial score (nSPS) is 15.3. The van der Waals surface area contributed by atoms with E-state index in [9.17, 15) is 9.59 Å². The summed E-state index contributed by atoms with van der Waals surface area (Å²) in [4.78, 5) is 29.6. The van der Waals surface area contributed by atoms with Crippen molar-refractivity contribution < 1.29 is 26.0 Å². The fourth-order valence-electron chi connectivity index (χ4n) is 3.12. The number of H-pyrrole nitrogens is 1. The molecule has 1 aromatic heterocycles. The van der Waals surface area contributed by atoms with E-state index < -0.39 is 32.1 Å². The molecule has 0 aromatic carbocycles. The van der Waals surface area contributed by atoms with Crippen LogP contribution in [0.25, 0.3) is 4.85 Å². The molecule has 13 heteroatoms. The quantitative estimate of drug-likeness (QED) is 0.159. The Balaban J connectivity index is 3.16. The van der Waals surface area contributed by atoms with Gasteiger partial charge in [0, 0.05) is 39.4 Å². The summed E-state index contributed by atoms with van der Waals surface area (Å²) in [5.41, 5.74) is -1.22. The van der Waals surface area contributed by atoms with E-state index in [4.69, 9.17) is 32.6 Å². The van der Waals surface area contributed by atoms with E-state index in [0.717, 1.165) is 5.31 Å². The van der Waals surface area contributed by atoms with Gasteiger partial charge in [-0.05, 0) is 34.7 Å². The minimum absolute atomic E-state index is 0.00472. The van der Waals surface area contributed by atoms with Crippen LogP contribution in [0.3, 0.4) is 0 Å². The summed E-state index contributed by atoms with van der Waals surface area (Å²) >= 11 is 0. The highest BCUT2D eigenvalue weighted by Gasteiger charge is 2.29. The molecule has 0 radical (unpaired) electrons. The number of aromatic nitrogens is 2. The van der Waals surface area contributed by atoms with Crippen LogP contribution >= 0.6 is 8.53 Å². The molecule has 0 amide bonds. The smallest absolute Gasteiger partial charge is 0.330 e. The zero-order chi connectivity index (χ0) is 27.8. The molecular weight excluding hydrogens is 477 g/mol. The van der Waals surface area contributed by atoms with E-state index in [0.29, 0.717) is 6.61 Å². The summed E-state index contributed by atoms with van der Waals surface area (Å²) in [6, 6.07) is 1.40. The number of nitrogens with zero attached hydrogens (tertiary/aromatic N) is 3. The average molecular weight is 521 g/mol. The van der Waals surface area contributed by atoms with Gasteiger partial charge in [0.15, 0.2) is 6.23 Å². The predicted molar refractivity (Wildman–Crippen MR) is 134 cm³/mol.